The molecule has 2 aromatic rings. The van der Waals surface area contributed by atoms with Gasteiger partial charge >= 0.3 is 12.1 Å². The summed E-state index contributed by atoms with van der Waals surface area (Å²) in [4.78, 5) is 23.3. The van der Waals surface area contributed by atoms with Gasteiger partial charge in [0.15, 0.2) is 6.61 Å². The summed E-state index contributed by atoms with van der Waals surface area (Å²) in [6.07, 6.45) is -3.25. The molecule has 0 aromatic heterocycles. The first kappa shape index (κ1) is 25.2. The van der Waals surface area contributed by atoms with Crippen LogP contribution in [0.3, 0.4) is 0 Å². The van der Waals surface area contributed by atoms with E-state index in [1.54, 1.807) is 17.4 Å². The van der Waals surface area contributed by atoms with Gasteiger partial charge in [-0.15, -0.1) is 6.58 Å². The minimum atomic E-state index is -4.61. The van der Waals surface area contributed by atoms with Gasteiger partial charge in [0.25, 0.3) is 15.9 Å². The van der Waals surface area contributed by atoms with E-state index < -0.39 is 41.2 Å². The van der Waals surface area contributed by atoms with E-state index in [0.29, 0.717) is 0 Å². The molecule has 0 heterocycles. The number of sulfonamides is 1. The summed E-state index contributed by atoms with van der Waals surface area (Å²) in [5.41, 5.74) is -0.0178. The smallest absolute Gasteiger partial charge is 0.405 e. The number of anilines is 1. The first-order valence-corrected chi connectivity index (χ1v) is 10.8. The number of para-hydroxylation sites is 1. The van der Waals surface area contributed by atoms with Crippen LogP contribution in [0.4, 0.5) is 18.9 Å². The van der Waals surface area contributed by atoms with Crippen molar-refractivity contribution in [1.82, 2.24) is 5.32 Å². The molecule has 12 heteroatoms. The van der Waals surface area contributed by atoms with Gasteiger partial charge in [0.1, 0.15) is 6.54 Å². The second kappa shape index (κ2) is 10.5. The van der Waals surface area contributed by atoms with Crippen LogP contribution in [0.2, 0.25) is 5.02 Å². The molecule has 1 amide bonds. The van der Waals surface area contributed by atoms with Crippen LogP contribution in [0, 0.1) is 0 Å². The van der Waals surface area contributed by atoms with Crippen molar-refractivity contribution in [2.75, 3.05) is 24.0 Å². The quantitative estimate of drug-likeness (QED) is 0.428. The van der Waals surface area contributed by atoms with Crippen molar-refractivity contribution in [2.24, 2.45) is 0 Å². The number of amides is 1. The maximum Gasteiger partial charge on any atom is 0.405 e. The number of esters is 1. The van der Waals surface area contributed by atoms with Crippen LogP contribution < -0.4 is 9.62 Å². The topological polar surface area (TPSA) is 92.8 Å². The number of alkyl halides is 3. The van der Waals surface area contributed by atoms with E-state index >= 15 is 0 Å². The van der Waals surface area contributed by atoms with E-state index in [0.717, 1.165) is 10.4 Å². The normalized spacial score (nSPS) is 11.5. The summed E-state index contributed by atoms with van der Waals surface area (Å²) < 4.78 is 68.4. The highest BCUT2D eigenvalue weighted by Crippen LogP contribution is 2.30. The summed E-state index contributed by atoms with van der Waals surface area (Å²) >= 11 is 6.13. The molecule has 0 bridgehead atoms. The molecular weight excluding hydrogens is 473 g/mol. The lowest BCUT2D eigenvalue weighted by atomic mass is 10.2. The average Bonchev–Trinajstić information content (AvgIpc) is 2.74. The number of carbonyl (C=O) groups is 2. The van der Waals surface area contributed by atoms with Crippen molar-refractivity contribution in [3.8, 4) is 0 Å². The Hall–Kier alpha value is -3.05. The van der Waals surface area contributed by atoms with E-state index in [2.05, 4.69) is 11.3 Å². The number of nitrogens with zero attached hydrogens (tertiary/aromatic N) is 1. The van der Waals surface area contributed by atoms with Crippen LogP contribution in [0.15, 0.2) is 66.1 Å². The third-order valence-electron chi connectivity index (χ3n) is 3.89. The van der Waals surface area contributed by atoms with Crippen LogP contribution in [0.1, 0.15) is 10.4 Å². The van der Waals surface area contributed by atoms with Crippen LogP contribution in [-0.4, -0.2) is 46.2 Å². The van der Waals surface area contributed by atoms with Crippen LogP contribution >= 0.6 is 11.6 Å². The first-order chi connectivity index (χ1) is 15.0. The maximum absolute atomic E-state index is 13.2. The molecule has 0 aliphatic heterocycles. The van der Waals surface area contributed by atoms with Gasteiger partial charge in [0.2, 0.25) is 0 Å². The Balaban J connectivity index is 2.21. The molecular formula is C20H18ClF3N2O5S. The molecule has 0 saturated heterocycles. The van der Waals surface area contributed by atoms with Gasteiger partial charge in [-0.3, -0.25) is 9.10 Å². The van der Waals surface area contributed by atoms with Crippen molar-refractivity contribution in [3.63, 3.8) is 0 Å². The van der Waals surface area contributed by atoms with E-state index in [-0.39, 0.29) is 27.7 Å². The Labute approximate surface area is 187 Å². The van der Waals surface area contributed by atoms with Gasteiger partial charge in [-0.2, -0.15) is 13.2 Å². The number of benzene rings is 2. The minimum Gasteiger partial charge on any atom is -0.452 e. The fraction of sp³-hybridized carbons (Fsp3) is 0.200. The van der Waals surface area contributed by atoms with Crippen LogP contribution in [-0.2, 0) is 19.6 Å². The van der Waals surface area contributed by atoms with Crippen molar-refractivity contribution < 1.29 is 35.9 Å². The molecule has 2 aromatic carbocycles. The fourth-order valence-corrected chi connectivity index (χ4v) is 4.26. The Bertz CT molecular complexity index is 1110. The van der Waals surface area contributed by atoms with Crippen LogP contribution in [0.5, 0.6) is 0 Å². The number of hydrogen-bond donors (Lipinski definition) is 1. The summed E-state index contributed by atoms with van der Waals surface area (Å²) in [5.74, 6) is -2.24. The monoisotopic (exact) mass is 490 g/mol. The number of nitrogens with one attached hydrogen (secondary N) is 1. The lowest BCUT2D eigenvalue weighted by Gasteiger charge is -2.24. The lowest BCUT2D eigenvalue weighted by molar-refractivity contribution is -0.140. The number of ether oxygens (including phenoxy) is 1. The predicted molar refractivity (Wildman–Crippen MR) is 112 cm³/mol. The SMILES string of the molecule is C=CCN(c1ccccc1Cl)S(=O)(=O)c1cccc(C(=O)OCC(=O)NCC(F)(F)F)c1. The lowest BCUT2D eigenvalue weighted by Crippen LogP contribution is -2.36. The summed E-state index contributed by atoms with van der Waals surface area (Å²) in [6, 6.07) is 11.0. The molecule has 2 rings (SSSR count). The zero-order valence-corrected chi connectivity index (χ0v) is 18.0. The summed E-state index contributed by atoms with van der Waals surface area (Å²) in [5, 5.41) is 1.73. The molecule has 0 fully saturated rings. The molecule has 0 atom stereocenters. The summed E-state index contributed by atoms with van der Waals surface area (Å²) in [6.45, 7) is 0.902. The average molecular weight is 491 g/mol. The molecule has 0 saturated carbocycles. The number of rotatable bonds is 9. The Morgan fingerprint density at radius 3 is 2.47 bits per heavy atom. The van der Waals surface area contributed by atoms with Crippen molar-refractivity contribution in [1.29, 1.82) is 0 Å². The van der Waals surface area contributed by atoms with Gasteiger partial charge in [-0.05, 0) is 30.3 Å². The molecule has 0 aliphatic rings. The maximum atomic E-state index is 13.2. The van der Waals surface area contributed by atoms with Crippen LogP contribution in [0.25, 0.3) is 0 Å². The third kappa shape index (κ3) is 6.72. The highest BCUT2D eigenvalue weighted by Gasteiger charge is 2.28. The standard InChI is InChI=1S/C20H18ClF3N2O5S/c1-2-10-26(17-9-4-3-8-16(17)21)32(29,30)15-7-5-6-14(11-15)19(28)31-12-18(27)25-13-20(22,23)24/h2-9,11H,1,10,12-13H2,(H,25,27). The van der Waals surface area contributed by atoms with Crippen molar-refractivity contribution >= 4 is 39.2 Å². The molecule has 0 unspecified atom stereocenters. The van der Waals surface area contributed by atoms with Gasteiger partial charge in [-0.25, -0.2) is 13.2 Å². The Kier molecular flexibility index (Phi) is 8.28. The van der Waals surface area contributed by atoms with E-state index in [9.17, 15) is 31.2 Å². The molecule has 0 aliphatic carbocycles. The highest BCUT2D eigenvalue weighted by molar-refractivity contribution is 7.92. The van der Waals surface area contributed by atoms with E-state index in [1.165, 1.54) is 36.4 Å². The number of halogens is 4. The van der Waals surface area contributed by atoms with E-state index in [1.807, 2.05) is 0 Å². The molecule has 7 nitrogen and oxygen atoms in total. The van der Waals surface area contributed by atoms with Gasteiger partial charge < -0.3 is 10.1 Å². The zero-order chi connectivity index (χ0) is 23.9. The Morgan fingerprint density at radius 1 is 1.16 bits per heavy atom. The van der Waals surface area contributed by atoms with Crippen molar-refractivity contribution in [3.05, 3.63) is 71.8 Å². The number of hydrogen-bond acceptors (Lipinski definition) is 5. The van der Waals surface area contributed by atoms with Gasteiger partial charge in [0.05, 0.1) is 27.7 Å². The largest absolute Gasteiger partial charge is 0.452 e. The molecule has 0 radical (unpaired) electrons. The Morgan fingerprint density at radius 2 is 1.84 bits per heavy atom. The zero-order valence-electron chi connectivity index (χ0n) is 16.4. The number of carbonyl (C=O) groups excluding carboxylic acids is 2. The highest BCUT2D eigenvalue weighted by atomic mass is 35.5. The van der Waals surface area contributed by atoms with E-state index in [4.69, 9.17) is 11.6 Å². The molecule has 172 valence electrons. The first-order valence-electron chi connectivity index (χ1n) is 8.94. The fourth-order valence-electron chi connectivity index (χ4n) is 2.47. The molecule has 32 heavy (non-hydrogen) atoms. The predicted octanol–water partition coefficient (Wildman–Crippen LogP) is 3.56. The summed E-state index contributed by atoms with van der Waals surface area (Å²) in [7, 11) is -4.19. The molecule has 1 N–H and O–H groups in total. The molecule has 0 spiro atoms. The van der Waals surface area contributed by atoms with Gasteiger partial charge in [0, 0.05) is 0 Å². The minimum absolute atomic E-state index is 0.111. The second-order valence-corrected chi connectivity index (χ2v) is 8.54. The third-order valence-corrected chi connectivity index (χ3v) is 5.99. The van der Waals surface area contributed by atoms with Crippen molar-refractivity contribution in [2.45, 2.75) is 11.1 Å². The second-order valence-electron chi connectivity index (χ2n) is 6.27. The van der Waals surface area contributed by atoms with Gasteiger partial charge in [-0.1, -0.05) is 35.9 Å².